The highest BCUT2D eigenvalue weighted by Crippen LogP contribution is 2.41. The van der Waals surface area contributed by atoms with Crippen LogP contribution in [0.2, 0.25) is 0 Å². The molecule has 1 N–H and O–H groups in total. The zero-order valence-electron chi connectivity index (χ0n) is 19.5. The average Bonchev–Trinajstić information content (AvgIpc) is 3.30. The number of piperazine rings is 1. The van der Waals surface area contributed by atoms with Gasteiger partial charge in [0.15, 0.2) is 0 Å². The number of anilines is 1. The number of aromatic amines is 1. The molecule has 3 aliphatic heterocycles. The molecule has 2 aromatic heterocycles. The summed E-state index contributed by atoms with van der Waals surface area (Å²) in [4.78, 5) is 21.3. The second kappa shape index (κ2) is 7.85. The fourth-order valence-electron chi connectivity index (χ4n) is 6.39. The molecule has 3 fully saturated rings. The summed E-state index contributed by atoms with van der Waals surface area (Å²) in [5.74, 6) is 1.10. The predicted molar refractivity (Wildman–Crippen MR) is 129 cm³/mol. The van der Waals surface area contributed by atoms with Crippen LogP contribution in [0.15, 0.2) is 36.5 Å². The number of nitrogens with zero attached hydrogens (tertiary/aromatic N) is 5. The van der Waals surface area contributed by atoms with E-state index in [9.17, 15) is 0 Å². The van der Waals surface area contributed by atoms with Crippen LogP contribution in [0.5, 0.6) is 0 Å². The number of hydrogen-bond acceptors (Lipinski definition) is 5. The summed E-state index contributed by atoms with van der Waals surface area (Å²) >= 11 is 0. The van der Waals surface area contributed by atoms with Crippen molar-refractivity contribution in [2.45, 2.75) is 63.2 Å². The van der Waals surface area contributed by atoms with Crippen molar-refractivity contribution < 1.29 is 0 Å². The van der Waals surface area contributed by atoms with Crippen LogP contribution < -0.4 is 4.90 Å². The van der Waals surface area contributed by atoms with Gasteiger partial charge in [0.25, 0.3) is 0 Å². The molecule has 6 nitrogen and oxygen atoms in total. The van der Waals surface area contributed by atoms with E-state index in [0.29, 0.717) is 24.2 Å². The number of piperidine rings is 1. The van der Waals surface area contributed by atoms with Crippen molar-refractivity contribution in [2.24, 2.45) is 0 Å². The van der Waals surface area contributed by atoms with Gasteiger partial charge in [0.05, 0.1) is 29.0 Å². The largest absolute Gasteiger partial charge is 0.367 e. The van der Waals surface area contributed by atoms with Gasteiger partial charge in [0, 0.05) is 31.4 Å². The first-order valence-electron chi connectivity index (χ1n) is 12.2. The monoisotopic (exact) mass is 430 g/mol. The van der Waals surface area contributed by atoms with Gasteiger partial charge in [-0.3, -0.25) is 14.8 Å². The van der Waals surface area contributed by atoms with Crippen LogP contribution in [-0.2, 0) is 0 Å². The average molecular weight is 431 g/mol. The van der Waals surface area contributed by atoms with Crippen LogP contribution in [0.25, 0.3) is 11.0 Å². The SMILES string of the molecule is Cc1cccnc1[C@@H]1CCC[C@H](c2nc3c(N4CC5CCC(C4)N5C)cccc3[nH]2)N1C. The van der Waals surface area contributed by atoms with E-state index in [-0.39, 0.29) is 0 Å². The Morgan fingerprint density at radius 3 is 2.47 bits per heavy atom. The second-order valence-electron chi connectivity index (χ2n) is 10.1. The Hall–Kier alpha value is -2.44. The number of aryl methyl sites for hydroxylation is 1. The van der Waals surface area contributed by atoms with Crippen molar-refractivity contribution in [3.8, 4) is 0 Å². The van der Waals surface area contributed by atoms with Crippen molar-refractivity contribution in [1.82, 2.24) is 24.8 Å². The van der Waals surface area contributed by atoms with E-state index in [0.717, 1.165) is 42.8 Å². The van der Waals surface area contributed by atoms with Crippen molar-refractivity contribution in [1.29, 1.82) is 0 Å². The molecule has 2 unspecified atom stereocenters. The second-order valence-corrected chi connectivity index (χ2v) is 10.1. The molecule has 3 aromatic rings. The van der Waals surface area contributed by atoms with E-state index in [1.807, 2.05) is 12.3 Å². The number of likely N-dealkylation sites (N-methyl/N-ethyl adjacent to an activating group) is 1. The van der Waals surface area contributed by atoms with Gasteiger partial charge < -0.3 is 9.88 Å². The normalized spacial score (nSPS) is 29.2. The predicted octanol–water partition coefficient (Wildman–Crippen LogP) is 4.45. The van der Waals surface area contributed by atoms with Crippen LogP contribution in [0.4, 0.5) is 5.69 Å². The molecular weight excluding hydrogens is 396 g/mol. The molecule has 168 valence electrons. The van der Waals surface area contributed by atoms with Gasteiger partial charge in [-0.25, -0.2) is 4.98 Å². The summed E-state index contributed by atoms with van der Waals surface area (Å²) in [5.41, 5.74) is 6.08. The lowest BCUT2D eigenvalue weighted by atomic mass is 9.92. The summed E-state index contributed by atoms with van der Waals surface area (Å²) in [6.45, 7) is 4.40. The molecule has 4 atom stereocenters. The number of benzene rings is 1. The van der Waals surface area contributed by atoms with Gasteiger partial charge >= 0.3 is 0 Å². The number of rotatable bonds is 3. The molecule has 32 heavy (non-hydrogen) atoms. The molecule has 3 saturated heterocycles. The van der Waals surface area contributed by atoms with Crippen molar-refractivity contribution >= 4 is 16.7 Å². The van der Waals surface area contributed by atoms with Crippen molar-refractivity contribution in [2.75, 3.05) is 32.1 Å². The quantitative estimate of drug-likeness (QED) is 0.665. The Bertz CT molecular complexity index is 1110. The lowest BCUT2D eigenvalue weighted by Crippen LogP contribution is -2.52. The van der Waals surface area contributed by atoms with E-state index >= 15 is 0 Å². The summed E-state index contributed by atoms with van der Waals surface area (Å²) in [5, 5.41) is 0. The number of imidazole rings is 1. The summed E-state index contributed by atoms with van der Waals surface area (Å²) in [6, 6.07) is 12.8. The van der Waals surface area contributed by atoms with Crippen LogP contribution in [0.3, 0.4) is 0 Å². The number of pyridine rings is 1. The van der Waals surface area contributed by atoms with Gasteiger partial charge in [-0.1, -0.05) is 12.1 Å². The Labute approximate surface area is 190 Å². The number of likely N-dealkylation sites (tertiary alicyclic amines) is 1. The molecule has 0 radical (unpaired) electrons. The molecule has 0 saturated carbocycles. The third-order valence-electron chi connectivity index (χ3n) is 8.32. The van der Waals surface area contributed by atoms with Crippen molar-refractivity contribution in [3.05, 3.63) is 53.6 Å². The first kappa shape index (κ1) is 20.2. The molecule has 6 heteroatoms. The van der Waals surface area contributed by atoms with Crippen molar-refractivity contribution in [3.63, 3.8) is 0 Å². The lowest BCUT2D eigenvalue weighted by molar-refractivity contribution is 0.107. The Morgan fingerprint density at radius 2 is 1.69 bits per heavy atom. The number of aromatic nitrogens is 3. The zero-order chi connectivity index (χ0) is 21.8. The Morgan fingerprint density at radius 1 is 0.906 bits per heavy atom. The van der Waals surface area contributed by atoms with E-state index in [1.54, 1.807) is 0 Å². The fourth-order valence-corrected chi connectivity index (χ4v) is 6.39. The van der Waals surface area contributed by atoms with Gasteiger partial charge in [-0.2, -0.15) is 0 Å². The lowest BCUT2D eigenvalue weighted by Gasteiger charge is -2.40. The highest BCUT2D eigenvalue weighted by Gasteiger charge is 2.38. The van der Waals surface area contributed by atoms with E-state index < -0.39 is 0 Å². The maximum Gasteiger partial charge on any atom is 0.124 e. The molecule has 3 aliphatic rings. The standard InChI is InChI=1S/C26H34N6/c1-17-7-6-14-27-24(17)21-9-5-11-23(31(21)3)26-28-20-8-4-10-22(25(20)29-26)32-15-18-12-13-19(16-32)30(18)2/h4,6-8,10,14,18-19,21,23H,5,9,11-13,15-16H2,1-3H3,(H,28,29)/t18?,19?,21-,23+/m0/s1. The zero-order valence-corrected chi connectivity index (χ0v) is 19.5. The number of hydrogen-bond donors (Lipinski definition) is 1. The highest BCUT2D eigenvalue weighted by molar-refractivity contribution is 5.89. The number of para-hydroxylation sites is 1. The van der Waals surface area contributed by atoms with Gasteiger partial charge in [-0.05, 0) is 76.9 Å². The minimum absolute atomic E-state index is 0.291. The summed E-state index contributed by atoms with van der Waals surface area (Å²) in [7, 11) is 4.54. The third-order valence-corrected chi connectivity index (χ3v) is 8.32. The Kier molecular flexibility index (Phi) is 4.95. The van der Waals surface area contributed by atoms with E-state index in [4.69, 9.17) is 9.97 Å². The molecular formula is C26H34N6. The fraction of sp³-hybridized carbons (Fsp3) is 0.538. The van der Waals surface area contributed by atoms with Crippen LogP contribution in [0, 0.1) is 6.92 Å². The number of H-pyrrole nitrogens is 1. The summed E-state index contributed by atoms with van der Waals surface area (Å²) in [6.07, 6.45) is 8.05. The van der Waals surface area contributed by atoms with E-state index in [2.05, 4.69) is 65.0 Å². The van der Waals surface area contributed by atoms with Gasteiger partial charge in [0.1, 0.15) is 11.3 Å². The molecule has 5 heterocycles. The molecule has 2 bridgehead atoms. The van der Waals surface area contributed by atoms with Crippen LogP contribution >= 0.6 is 0 Å². The molecule has 0 aliphatic carbocycles. The highest BCUT2D eigenvalue weighted by atomic mass is 15.3. The topological polar surface area (TPSA) is 51.3 Å². The first-order chi connectivity index (χ1) is 15.6. The number of nitrogens with one attached hydrogen (secondary N) is 1. The Balaban J connectivity index is 1.32. The van der Waals surface area contributed by atoms with Gasteiger partial charge in [-0.15, -0.1) is 0 Å². The first-order valence-corrected chi connectivity index (χ1v) is 12.2. The maximum atomic E-state index is 5.23. The molecule has 6 rings (SSSR count). The number of fused-ring (bicyclic) bond motifs is 3. The molecule has 0 amide bonds. The third kappa shape index (κ3) is 3.23. The minimum Gasteiger partial charge on any atom is -0.367 e. The smallest absolute Gasteiger partial charge is 0.124 e. The van der Waals surface area contributed by atoms with Gasteiger partial charge in [0.2, 0.25) is 0 Å². The maximum absolute atomic E-state index is 5.23. The van der Waals surface area contributed by atoms with Crippen LogP contribution in [-0.4, -0.2) is 64.0 Å². The molecule has 1 aromatic carbocycles. The van der Waals surface area contributed by atoms with E-state index in [1.165, 1.54) is 36.2 Å². The minimum atomic E-state index is 0.291. The summed E-state index contributed by atoms with van der Waals surface area (Å²) < 4.78 is 0. The van der Waals surface area contributed by atoms with Crippen LogP contribution in [0.1, 0.15) is 61.3 Å². The molecule has 0 spiro atoms.